The lowest BCUT2D eigenvalue weighted by atomic mass is 9.97. The Labute approximate surface area is 99.4 Å². The van der Waals surface area contributed by atoms with E-state index in [0.717, 1.165) is 12.8 Å². The van der Waals surface area contributed by atoms with Gasteiger partial charge in [0.15, 0.2) is 0 Å². The van der Waals surface area contributed by atoms with Crippen molar-refractivity contribution in [2.24, 2.45) is 5.41 Å². The van der Waals surface area contributed by atoms with Crippen molar-refractivity contribution in [2.75, 3.05) is 0 Å². The molecule has 0 bridgehead atoms. The standard InChI is InChI=1S/C16H20/c1-14(15-11-6-5-7-12-15)10-8-9-13-16(2,3)4/h5-7,11-12H,1,8,10H2,2-4H3. The van der Waals surface area contributed by atoms with Crippen LogP contribution in [0.15, 0.2) is 36.9 Å². The van der Waals surface area contributed by atoms with Gasteiger partial charge in [-0.05, 0) is 38.3 Å². The summed E-state index contributed by atoms with van der Waals surface area (Å²) in [5.41, 5.74) is 2.50. The molecule has 0 heteroatoms. The first-order valence-electron chi connectivity index (χ1n) is 5.72. The summed E-state index contributed by atoms with van der Waals surface area (Å²) in [5.74, 6) is 6.45. The zero-order valence-electron chi connectivity index (χ0n) is 10.5. The summed E-state index contributed by atoms with van der Waals surface area (Å²) in [7, 11) is 0. The molecule has 0 N–H and O–H groups in total. The molecule has 0 saturated heterocycles. The van der Waals surface area contributed by atoms with E-state index >= 15 is 0 Å². The topological polar surface area (TPSA) is 0 Å². The molecule has 0 radical (unpaired) electrons. The number of benzene rings is 1. The maximum absolute atomic E-state index is 4.09. The van der Waals surface area contributed by atoms with E-state index in [1.54, 1.807) is 0 Å². The second-order valence-corrected chi connectivity index (χ2v) is 5.02. The molecule has 0 amide bonds. The van der Waals surface area contributed by atoms with Gasteiger partial charge >= 0.3 is 0 Å². The lowest BCUT2D eigenvalue weighted by Crippen LogP contribution is -1.99. The molecule has 0 aromatic heterocycles. The van der Waals surface area contributed by atoms with Crippen LogP contribution in [-0.4, -0.2) is 0 Å². The van der Waals surface area contributed by atoms with E-state index in [1.807, 2.05) is 18.2 Å². The predicted octanol–water partition coefficient (Wildman–Crippen LogP) is 4.53. The van der Waals surface area contributed by atoms with Gasteiger partial charge in [0.25, 0.3) is 0 Å². The Morgan fingerprint density at radius 1 is 1.19 bits per heavy atom. The molecule has 0 aliphatic carbocycles. The van der Waals surface area contributed by atoms with E-state index in [-0.39, 0.29) is 5.41 Å². The molecule has 1 rings (SSSR count). The highest BCUT2D eigenvalue weighted by Crippen LogP contribution is 2.17. The Balaban J connectivity index is 2.45. The Morgan fingerprint density at radius 3 is 2.38 bits per heavy atom. The molecule has 84 valence electrons. The van der Waals surface area contributed by atoms with Gasteiger partial charge in [0.2, 0.25) is 0 Å². The summed E-state index contributed by atoms with van der Waals surface area (Å²) in [6.07, 6.45) is 1.85. The molecule has 0 spiro atoms. The fourth-order valence-electron chi connectivity index (χ4n) is 1.36. The van der Waals surface area contributed by atoms with Crippen molar-refractivity contribution in [2.45, 2.75) is 33.6 Å². The molecule has 0 aliphatic rings. The minimum Gasteiger partial charge on any atom is -0.102 e. The predicted molar refractivity (Wildman–Crippen MR) is 71.9 cm³/mol. The SMILES string of the molecule is C=C(CCC#CC(C)(C)C)c1ccccc1. The van der Waals surface area contributed by atoms with E-state index in [9.17, 15) is 0 Å². The minimum absolute atomic E-state index is 0.105. The molecule has 16 heavy (non-hydrogen) atoms. The zero-order valence-corrected chi connectivity index (χ0v) is 10.5. The van der Waals surface area contributed by atoms with Crippen molar-refractivity contribution in [1.29, 1.82) is 0 Å². The molecule has 0 unspecified atom stereocenters. The van der Waals surface area contributed by atoms with Gasteiger partial charge < -0.3 is 0 Å². The number of hydrogen-bond acceptors (Lipinski definition) is 0. The number of allylic oxidation sites excluding steroid dienone is 1. The normalized spacial score (nSPS) is 10.4. The third-order valence-corrected chi connectivity index (χ3v) is 2.20. The van der Waals surface area contributed by atoms with Crippen LogP contribution in [0.4, 0.5) is 0 Å². The van der Waals surface area contributed by atoms with Crippen LogP contribution in [0.1, 0.15) is 39.2 Å². The number of hydrogen-bond donors (Lipinski definition) is 0. The zero-order chi connectivity index (χ0) is 12.0. The van der Waals surface area contributed by atoms with Crippen LogP contribution >= 0.6 is 0 Å². The van der Waals surface area contributed by atoms with Crippen molar-refractivity contribution in [3.63, 3.8) is 0 Å². The Bertz CT molecular complexity index is 393. The van der Waals surface area contributed by atoms with E-state index in [0.29, 0.717) is 0 Å². The quantitative estimate of drug-likeness (QED) is 0.646. The van der Waals surface area contributed by atoms with E-state index in [2.05, 4.69) is 51.3 Å². The van der Waals surface area contributed by atoms with Crippen molar-refractivity contribution in [3.8, 4) is 11.8 Å². The van der Waals surface area contributed by atoms with Crippen LogP contribution in [0, 0.1) is 17.3 Å². The molecule has 0 atom stereocenters. The van der Waals surface area contributed by atoms with Crippen LogP contribution in [-0.2, 0) is 0 Å². The van der Waals surface area contributed by atoms with Crippen molar-refractivity contribution < 1.29 is 0 Å². The molecule has 0 saturated carbocycles. The van der Waals surface area contributed by atoms with Gasteiger partial charge in [0.1, 0.15) is 0 Å². The molecule has 0 nitrogen and oxygen atoms in total. The second kappa shape index (κ2) is 5.56. The molecular formula is C16H20. The van der Waals surface area contributed by atoms with Gasteiger partial charge in [-0.25, -0.2) is 0 Å². The van der Waals surface area contributed by atoms with Crippen LogP contribution in [0.2, 0.25) is 0 Å². The van der Waals surface area contributed by atoms with Gasteiger partial charge in [-0.2, -0.15) is 0 Å². The first-order valence-corrected chi connectivity index (χ1v) is 5.72. The van der Waals surface area contributed by atoms with Crippen LogP contribution < -0.4 is 0 Å². The van der Waals surface area contributed by atoms with Crippen molar-refractivity contribution in [1.82, 2.24) is 0 Å². The molecule has 0 heterocycles. The summed E-state index contributed by atoms with van der Waals surface area (Å²) in [6, 6.07) is 10.3. The smallest absolute Gasteiger partial charge is 0.0230 e. The minimum atomic E-state index is 0.105. The van der Waals surface area contributed by atoms with E-state index in [1.165, 1.54) is 11.1 Å². The fourth-order valence-corrected chi connectivity index (χ4v) is 1.36. The largest absolute Gasteiger partial charge is 0.102 e. The lowest BCUT2D eigenvalue weighted by molar-refractivity contribution is 0.570. The average molecular weight is 212 g/mol. The Hall–Kier alpha value is -1.48. The first kappa shape index (κ1) is 12.6. The number of rotatable bonds is 3. The van der Waals surface area contributed by atoms with Crippen LogP contribution in [0.3, 0.4) is 0 Å². The Kier molecular flexibility index (Phi) is 4.38. The van der Waals surface area contributed by atoms with Gasteiger partial charge in [-0.15, -0.1) is 5.92 Å². The van der Waals surface area contributed by atoms with E-state index in [4.69, 9.17) is 0 Å². The highest BCUT2D eigenvalue weighted by atomic mass is 14.1. The van der Waals surface area contributed by atoms with Gasteiger partial charge in [0.05, 0.1) is 0 Å². The van der Waals surface area contributed by atoms with E-state index < -0.39 is 0 Å². The third-order valence-electron chi connectivity index (χ3n) is 2.20. The first-order chi connectivity index (χ1) is 7.49. The van der Waals surface area contributed by atoms with Crippen molar-refractivity contribution >= 4 is 5.57 Å². The average Bonchev–Trinajstić information content (AvgIpc) is 2.24. The molecule has 0 fully saturated rings. The summed E-state index contributed by atoms with van der Waals surface area (Å²) in [5, 5.41) is 0. The maximum atomic E-state index is 4.09. The summed E-state index contributed by atoms with van der Waals surface area (Å²) < 4.78 is 0. The van der Waals surface area contributed by atoms with Gasteiger partial charge in [0, 0.05) is 11.8 Å². The monoisotopic (exact) mass is 212 g/mol. The van der Waals surface area contributed by atoms with Crippen LogP contribution in [0.25, 0.3) is 5.57 Å². The summed E-state index contributed by atoms with van der Waals surface area (Å²) in [6.45, 7) is 10.5. The van der Waals surface area contributed by atoms with Crippen LogP contribution in [0.5, 0.6) is 0 Å². The summed E-state index contributed by atoms with van der Waals surface area (Å²) >= 11 is 0. The summed E-state index contributed by atoms with van der Waals surface area (Å²) in [4.78, 5) is 0. The maximum Gasteiger partial charge on any atom is 0.0230 e. The fraction of sp³-hybridized carbons (Fsp3) is 0.375. The third kappa shape index (κ3) is 4.84. The molecule has 1 aromatic rings. The van der Waals surface area contributed by atoms with Gasteiger partial charge in [-0.1, -0.05) is 42.8 Å². The molecule has 0 aliphatic heterocycles. The van der Waals surface area contributed by atoms with Gasteiger partial charge in [-0.3, -0.25) is 0 Å². The highest BCUT2D eigenvalue weighted by molar-refractivity contribution is 5.63. The lowest BCUT2D eigenvalue weighted by Gasteiger charge is -2.07. The molecular weight excluding hydrogens is 192 g/mol. The second-order valence-electron chi connectivity index (χ2n) is 5.02. The highest BCUT2D eigenvalue weighted by Gasteiger charge is 2.03. The molecule has 1 aromatic carbocycles. The Morgan fingerprint density at radius 2 is 1.81 bits per heavy atom. The van der Waals surface area contributed by atoms with Crippen molar-refractivity contribution in [3.05, 3.63) is 42.5 Å².